The van der Waals surface area contributed by atoms with Gasteiger partial charge in [0.25, 0.3) is 0 Å². The average Bonchev–Trinajstić information content (AvgIpc) is 3.30. The maximum absolute atomic E-state index is 13.6. The maximum atomic E-state index is 13.6. The number of terminal acetylenes is 1. The van der Waals surface area contributed by atoms with Crippen LogP contribution in [0.1, 0.15) is 56.4 Å². The zero-order valence-electron chi connectivity index (χ0n) is 16.4. The molecule has 1 aromatic heterocycles. The molecule has 2 fully saturated rings. The average molecular weight is 364 g/mol. The number of carbonyl (C=O) groups excluding carboxylic acids is 1. The van der Waals surface area contributed by atoms with Crippen molar-refractivity contribution in [2.24, 2.45) is 5.41 Å². The van der Waals surface area contributed by atoms with Crippen molar-refractivity contribution in [2.45, 2.75) is 51.4 Å². The number of carbonyl (C=O) groups is 1. The van der Waals surface area contributed by atoms with Crippen molar-refractivity contribution >= 4 is 5.91 Å². The Morgan fingerprint density at radius 1 is 1.26 bits per heavy atom. The largest absolute Gasteiger partial charge is 0.361 e. The van der Waals surface area contributed by atoms with Gasteiger partial charge in [0.2, 0.25) is 5.91 Å². The third-order valence-corrected chi connectivity index (χ3v) is 6.50. The van der Waals surface area contributed by atoms with Crippen LogP contribution in [0.15, 0.2) is 41.1 Å². The van der Waals surface area contributed by atoms with Gasteiger partial charge in [-0.3, -0.25) is 4.79 Å². The fourth-order valence-corrected chi connectivity index (χ4v) is 5.29. The summed E-state index contributed by atoms with van der Waals surface area (Å²) in [4.78, 5) is 15.6. The van der Waals surface area contributed by atoms with Crippen LogP contribution in [-0.2, 0) is 16.6 Å². The van der Waals surface area contributed by atoms with Gasteiger partial charge in [-0.25, -0.2) is 0 Å². The van der Waals surface area contributed by atoms with Crippen LogP contribution in [0.5, 0.6) is 0 Å². The van der Waals surface area contributed by atoms with E-state index in [4.69, 9.17) is 4.52 Å². The Morgan fingerprint density at radius 3 is 2.63 bits per heavy atom. The molecular weight excluding hydrogens is 336 g/mol. The Labute approximate surface area is 161 Å². The molecule has 5 rings (SSSR count). The number of likely N-dealkylation sites (N-methyl/N-ethyl adjacent to an activating group) is 1. The van der Waals surface area contributed by atoms with E-state index in [0.29, 0.717) is 11.8 Å². The van der Waals surface area contributed by atoms with Crippen LogP contribution >= 0.6 is 0 Å². The number of nitrogens with zero attached hydrogens (tertiary/aromatic N) is 2. The van der Waals surface area contributed by atoms with Crippen molar-refractivity contribution in [3.8, 4) is 12.8 Å². The van der Waals surface area contributed by atoms with Crippen LogP contribution in [0.3, 0.4) is 0 Å². The first-order chi connectivity index (χ1) is 13.2. The van der Waals surface area contributed by atoms with E-state index < -0.39 is 5.41 Å². The quantitative estimate of drug-likeness (QED) is 0.752. The van der Waals surface area contributed by atoms with Crippen molar-refractivity contribution in [1.29, 1.82) is 0 Å². The predicted octanol–water partition coefficient (Wildman–Crippen LogP) is 4.17. The minimum atomic E-state index is -0.439. The minimum Gasteiger partial charge on any atom is -0.361 e. The standard InChI is InChI=1S/C19H20N2O2.C2H6.C2H2/c1-2-21-9-8-18-11-15(18)16-13(12-20-23-16)10-19(18,17(21)22)14-6-4-3-5-7-14;2*1-2/h3-7,12,15H,2,8-11H2,1H3;1-2H3;1-2H. The molecule has 2 heterocycles. The lowest BCUT2D eigenvalue weighted by atomic mass is 9.57. The highest BCUT2D eigenvalue weighted by Crippen LogP contribution is 2.75. The molecule has 1 aromatic carbocycles. The molecule has 0 bridgehead atoms. The molecule has 1 spiro atoms. The summed E-state index contributed by atoms with van der Waals surface area (Å²) in [7, 11) is 0. The highest BCUT2D eigenvalue weighted by molar-refractivity contribution is 5.92. The number of amides is 1. The van der Waals surface area contributed by atoms with Gasteiger partial charge in [0.15, 0.2) is 0 Å². The summed E-state index contributed by atoms with van der Waals surface area (Å²) in [5.41, 5.74) is 1.88. The van der Waals surface area contributed by atoms with E-state index in [-0.39, 0.29) is 5.41 Å². The molecule has 2 aromatic rings. The number of hydrogen-bond acceptors (Lipinski definition) is 3. The number of rotatable bonds is 2. The van der Waals surface area contributed by atoms with Crippen LogP contribution in [-0.4, -0.2) is 29.1 Å². The third kappa shape index (κ3) is 2.45. The van der Waals surface area contributed by atoms with Gasteiger partial charge < -0.3 is 9.42 Å². The molecule has 1 saturated carbocycles. The van der Waals surface area contributed by atoms with Gasteiger partial charge in [-0.05, 0) is 31.7 Å². The van der Waals surface area contributed by atoms with Gasteiger partial charge in [0.05, 0.1) is 11.6 Å². The molecular formula is C23H28N2O2. The Balaban J connectivity index is 0.000000495. The van der Waals surface area contributed by atoms with Crippen LogP contribution in [0, 0.1) is 18.3 Å². The Bertz CT molecular complexity index is 825. The summed E-state index contributed by atoms with van der Waals surface area (Å²) in [6.07, 6.45) is 12.7. The second-order valence-electron chi connectivity index (χ2n) is 7.21. The number of piperidine rings is 1. The molecule has 4 nitrogen and oxygen atoms in total. The summed E-state index contributed by atoms with van der Waals surface area (Å²) in [6.45, 7) is 7.72. The summed E-state index contributed by atoms with van der Waals surface area (Å²) < 4.78 is 5.55. The number of benzene rings is 1. The number of fused-ring (bicyclic) bond motifs is 2. The van der Waals surface area contributed by atoms with Gasteiger partial charge in [-0.15, -0.1) is 12.8 Å². The maximum Gasteiger partial charge on any atom is 0.234 e. The van der Waals surface area contributed by atoms with E-state index in [1.807, 2.05) is 31.0 Å². The summed E-state index contributed by atoms with van der Waals surface area (Å²) in [6, 6.07) is 10.4. The van der Waals surface area contributed by atoms with Crippen molar-refractivity contribution < 1.29 is 9.32 Å². The van der Waals surface area contributed by atoms with E-state index >= 15 is 0 Å². The van der Waals surface area contributed by atoms with Gasteiger partial charge >= 0.3 is 0 Å². The monoisotopic (exact) mass is 364 g/mol. The van der Waals surface area contributed by atoms with Crippen LogP contribution < -0.4 is 0 Å². The molecule has 27 heavy (non-hydrogen) atoms. The molecule has 1 saturated heterocycles. The molecule has 1 aliphatic heterocycles. The number of hydrogen-bond donors (Lipinski definition) is 0. The van der Waals surface area contributed by atoms with Crippen molar-refractivity contribution in [2.75, 3.05) is 13.1 Å². The second kappa shape index (κ2) is 7.23. The molecule has 2 aliphatic carbocycles. The summed E-state index contributed by atoms with van der Waals surface area (Å²) in [5, 5.41) is 4.02. The first-order valence-corrected chi connectivity index (χ1v) is 9.84. The zero-order valence-corrected chi connectivity index (χ0v) is 16.4. The molecule has 0 radical (unpaired) electrons. The smallest absolute Gasteiger partial charge is 0.234 e. The zero-order chi connectivity index (χ0) is 19.7. The molecule has 142 valence electrons. The summed E-state index contributed by atoms with van der Waals surface area (Å²) in [5.74, 6) is 1.69. The molecule has 4 heteroatoms. The molecule has 0 N–H and O–H groups in total. The molecule has 3 aliphatic rings. The minimum absolute atomic E-state index is 0.0314. The van der Waals surface area contributed by atoms with E-state index in [1.165, 1.54) is 0 Å². The van der Waals surface area contributed by atoms with E-state index in [9.17, 15) is 4.79 Å². The molecule has 1 amide bonds. The fraction of sp³-hybridized carbons (Fsp3) is 0.478. The highest BCUT2D eigenvalue weighted by Gasteiger charge is 2.75. The Kier molecular flexibility index (Phi) is 5.15. The third-order valence-electron chi connectivity index (χ3n) is 6.50. The number of aromatic nitrogens is 1. The SMILES string of the molecule is C#C.CC.CCN1CCC23CC2c2oncc2CC3(c2ccccc2)C1=O. The topological polar surface area (TPSA) is 46.3 Å². The van der Waals surface area contributed by atoms with Crippen molar-refractivity contribution in [3.63, 3.8) is 0 Å². The fourth-order valence-electron chi connectivity index (χ4n) is 5.29. The lowest BCUT2D eigenvalue weighted by Gasteiger charge is -2.50. The summed E-state index contributed by atoms with van der Waals surface area (Å²) >= 11 is 0. The van der Waals surface area contributed by atoms with Gasteiger partial charge in [-0.1, -0.05) is 49.3 Å². The first kappa shape index (κ1) is 19.2. The first-order valence-electron chi connectivity index (χ1n) is 9.84. The van der Waals surface area contributed by atoms with Crippen LogP contribution in [0.25, 0.3) is 0 Å². The number of likely N-dealkylation sites (tertiary alicyclic amines) is 1. The second-order valence-corrected chi connectivity index (χ2v) is 7.21. The van der Waals surface area contributed by atoms with E-state index in [1.54, 1.807) is 0 Å². The van der Waals surface area contributed by atoms with E-state index in [2.05, 4.69) is 49.2 Å². The van der Waals surface area contributed by atoms with Crippen LogP contribution in [0.2, 0.25) is 0 Å². The lowest BCUT2D eigenvalue weighted by Crippen LogP contribution is -2.60. The predicted molar refractivity (Wildman–Crippen MR) is 106 cm³/mol. The van der Waals surface area contributed by atoms with Gasteiger partial charge in [-0.2, -0.15) is 0 Å². The Morgan fingerprint density at radius 2 is 1.96 bits per heavy atom. The highest BCUT2D eigenvalue weighted by atomic mass is 16.5. The Hall–Kier alpha value is -2.54. The molecule has 3 atom stereocenters. The van der Waals surface area contributed by atoms with Gasteiger partial charge in [0, 0.05) is 30.0 Å². The normalized spacial score (nSPS) is 29.7. The van der Waals surface area contributed by atoms with Crippen molar-refractivity contribution in [1.82, 2.24) is 10.1 Å². The molecule has 3 unspecified atom stereocenters. The van der Waals surface area contributed by atoms with E-state index in [0.717, 1.165) is 49.2 Å². The lowest BCUT2D eigenvalue weighted by molar-refractivity contribution is -0.146. The van der Waals surface area contributed by atoms with Gasteiger partial charge in [0.1, 0.15) is 5.76 Å². The van der Waals surface area contributed by atoms with Crippen LogP contribution in [0.4, 0.5) is 0 Å². The van der Waals surface area contributed by atoms with Crippen molar-refractivity contribution in [3.05, 3.63) is 53.4 Å².